The molecule has 27 heavy (non-hydrogen) atoms. The number of thiophene rings is 1. The molecule has 0 saturated heterocycles. The first-order valence-corrected chi connectivity index (χ1v) is 9.62. The van der Waals surface area contributed by atoms with E-state index in [2.05, 4.69) is 21.6 Å². The molecule has 2 aromatic heterocycles. The van der Waals surface area contributed by atoms with Gasteiger partial charge < -0.3 is 5.32 Å². The molecule has 2 aliphatic rings. The zero-order valence-corrected chi connectivity index (χ0v) is 15.0. The molecule has 1 aromatic carbocycles. The smallest absolute Gasteiger partial charge is 0.270 e. The summed E-state index contributed by atoms with van der Waals surface area (Å²) in [5, 5.41) is 10.7. The Morgan fingerprint density at radius 2 is 1.85 bits per heavy atom. The van der Waals surface area contributed by atoms with E-state index in [4.69, 9.17) is 0 Å². The number of hydrogen-bond acceptors (Lipinski definition) is 4. The van der Waals surface area contributed by atoms with Gasteiger partial charge in [-0.15, -0.1) is 11.3 Å². The van der Waals surface area contributed by atoms with Crippen LogP contribution in [0.1, 0.15) is 40.7 Å². The number of aromatic amines is 2. The van der Waals surface area contributed by atoms with Crippen LogP contribution in [0.2, 0.25) is 0 Å². The lowest BCUT2D eigenvalue weighted by molar-refractivity contribution is -0.116. The second kappa shape index (κ2) is 6.06. The minimum Gasteiger partial charge on any atom is -0.343 e. The Kier molecular flexibility index (Phi) is 3.65. The van der Waals surface area contributed by atoms with Gasteiger partial charge in [0.1, 0.15) is 11.6 Å². The number of carbonyl (C=O) groups is 1. The van der Waals surface area contributed by atoms with Crippen LogP contribution in [0.25, 0.3) is 0 Å². The number of allylic oxidation sites excluding steroid dienone is 2. The van der Waals surface area contributed by atoms with E-state index < -0.39 is 5.92 Å². The first-order chi connectivity index (χ1) is 13.1. The highest BCUT2D eigenvalue weighted by atomic mass is 32.1. The van der Waals surface area contributed by atoms with Gasteiger partial charge in [-0.25, -0.2) is 4.39 Å². The average molecular weight is 381 g/mol. The van der Waals surface area contributed by atoms with Crippen LogP contribution >= 0.6 is 11.3 Å². The first-order valence-electron chi connectivity index (χ1n) is 8.74. The molecule has 0 fully saturated rings. The van der Waals surface area contributed by atoms with Crippen molar-refractivity contribution in [1.82, 2.24) is 10.2 Å². The topological polar surface area (TPSA) is 77.8 Å². The normalized spacial score (nSPS) is 21.6. The summed E-state index contributed by atoms with van der Waals surface area (Å²) < 4.78 is 13.4. The standard InChI is InChI=1S/C20H16FN3O2S/c21-12-5-3-10(4-6-12)16-17-13(22-19-18(16)20(26)24-23-19)8-11(9-14(17)25)15-2-1-7-27-15/h1-7,11,16H,8-9H2,(H3,22,23,24,26). The molecule has 5 rings (SSSR count). The van der Waals surface area contributed by atoms with E-state index in [1.165, 1.54) is 17.0 Å². The van der Waals surface area contributed by atoms with E-state index in [1.54, 1.807) is 23.5 Å². The van der Waals surface area contributed by atoms with E-state index >= 15 is 0 Å². The Bertz CT molecular complexity index is 1110. The van der Waals surface area contributed by atoms with Gasteiger partial charge in [-0.05, 0) is 35.6 Å². The van der Waals surface area contributed by atoms with Gasteiger partial charge in [0.25, 0.3) is 5.56 Å². The van der Waals surface area contributed by atoms with Crippen LogP contribution in [0.15, 0.2) is 57.8 Å². The molecule has 3 N–H and O–H groups in total. The molecular formula is C20H16FN3O2S. The van der Waals surface area contributed by atoms with Gasteiger partial charge in [-0.2, -0.15) is 0 Å². The van der Waals surface area contributed by atoms with Crippen LogP contribution in [0, 0.1) is 5.82 Å². The number of aromatic nitrogens is 2. The molecule has 7 heteroatoms. The molecule has 136 valence electrons. The summed E-state index contributed by atoms with van der Waals surface area (Å²) in [5.74, 6) is -0.110. The molecule has 5 nitrogen and oxygen atoms in total. The number of halogens is 1. The Morgan fingerprint density at radius 3 is 2.59 bits per heavy atom. The minimum atomic E-state index is -0.497. The second-order valence-electron chi connectivity index (χ2n) is 6.91. The molecule has 2 unspecified atom stereocenters. The van der Waals surface area contributed by atoms with E-state index in [0.717, 1.165) is 11.3 Å². The summed E-state index contributed by atoms with van der Waals surface area (Å²) in [6, 6.07) is 10.1. The number of hydrogen-bond donors (Lipinski definition) is 3. The van der Waals surface area contributed by atoms with Gasteiger partial charge in [0.2, 0.25) is 0 Å². The van der Waals surface area contributed by atoms with Gasteiger partial charge in [-0.1, -0.05) is 18.2 Å². The van der Waals surface area contributed by atoms with Gasteiger partial charge in [-0.3, -0.25) is 19.8 Å². The van der Waals surface area contributed by atoms with E-state index in [0.29, 0.717) is 29.8 Å². The molecule has 3 heterocycles. The molecule has 3 aromatic rings. The highest BCUT2D eigenvalue weighted by Gasteiger charge is 2.40. The van der Waals surface area contributed by atoms with Gasteiger partial charge in [0, 0.05) is 34.4 Å². The number of fused-ring (bicyclic) bond motifs is 1. The Hall–Kier alpha value is -2.93. The summed E-state index contributed by atoms with van der Waals surface area (Å²) in [4.78, 5) is 26.7. The summed E-state index contributed by atoms with van der Waals surface area (Å²) in [6.07, 6.45) is 1.11. The summed E-state index contributed by atoms with van der Waals surface area (Å²) in [7, 11) is 0. The van der Waals surface area contributed by atoms with Crippen LogP contribution in [0.3, 0.4) is 0 Å². The van der Waals surface area contributed by atoms with Crippen molar-refractivity contribution in [3.63, 3.8) is 0 Å². The van der Waals surface area contributed by atoms with Crippen molar-refractivity contribution in [2.75, 3.05) is 5.32 Å². The van der Waals surface area contributed by atoms with Gasteiger partial charge in [0.15, 0.2) is 5.78 Å². The fraction of sp³-hybridized carbons (Fsp3) is 0.200. The Balaban J connectivity index is 1.65. The number of carbonyl (C=O) groups excluding carboxylic acids is 1. The van der Waals surface area contributed by atoms with Crippen molar-refractivity contribution < 1.29 is 9.18 Å². The second-order valence-corrected chi connectivity index (χ2v) is 7.89. The van der Waals surface area contributed by atoms with Crippen molar-refractivity contribution in [1.29, 1.82) is 0 Å². The average Bonchev–Trinajstić information content (AvgIpc) is 3.31. The molecule has 2 atom stereocenters. The number of H-pyrrole nitrogens is 2. The monoisotopic (exact) mass is 381 g/mol. The van der Waals surface area contributed by atoms with Crippen molar-refractivity contribution >= 4 is 22.9 Å². The van der Waals surface area contributed by atoms with Gasteiger partial charge in [0.05, 0.1) is 5.56 Å². The molecule has 0 radical (unpaired) electrons. The highest BCUT2D eigenvalue weighted by Crippen LogP contribution is 2.46. The fourth-order valence-electron chi connectivity index (χ4n) is 4.13. The third kappa shape index (κ3) is 2.57. The summed E-state index contributed by atoms with van der Waals surface area (Å²) in [5.41, 5.74) is 2.39. The SMILES string of the molecule is O=C1CC(c2cccs2)CC2=C1C(c1ccc(F)cc1)c1c([nH][nH]c1=O)N2. The van der Waals surface area contributed by atoms with Crippen molar-refractivity contribution in [3.05, 3.63) is 85.2 Å². The summed E-state index contributed by atoms with van der Waals surface area (Å²) >= 11 is 1.65. The maximum Gasteiger partial charge on any atom is 0.270 e. The molecular weight excluding hydrogens is 365 g/mol. The van der Waals surface area contributed by atoms with Crippen molar-refractivity contribution in [2.45, 2.75) is 24.7 Å². The van der Waals surface area contributed by atoms with Crippen LogP contribution in [-0.2, 0) is 4.79 Å². The molecule has 0 spiro atoms. The number of Topliss-reactive ketones (excluding diaryl/α,β-unsaturated/α-hetero) is 1. The highest BCUT2D eigenvalue weighted by molar-refractivity contribution is 7.10. The van der Waals surface area contributed by atoms with E-state index in [1.807, 2.05) is 11.4 Å². The lowest BCUT2D eigenvalue weighted by Gasteiger charge is -2.34. The number of nitrogens with one attached hydrogen (secondary N) is 3. The summed E-state index contributed by atoms with van der Waals surface area (Å²) in [6.45, 7) is 0. The maximum atomic E-state index is 13.4. The molecule has 0 bridgehead atoms. The molecule has 1 aliphatic carbocycles. The van der Waals surface area contributed by atoms with E-state index in [-0.39, 0.29) is 23.1 Å². The van der Waals surface area contributed by atoms with Crippen LogP contribution < -0.4 is 10.9 Å². The third-order valence-corrected chi connectivity index (χ3v) is 6.36. The van der Waals surface area contributed by atoms with Crippen molar-refractivity contribution in [3.8, 4) is 0 Å². The molecule has 1 aliphatic heterocycles. The maximum absolute atomic E-state index is 13.4. The molecule has 0 amide bonds. The van der Waals surface area contributed by atoms with Crippen LogP contribution in [-0.4, -0.2) is 16.0 Å². The zero-order chi connectivity index (χ0) is 18.5. The minimum absolute atomic E-state index is 0.0303. The third-order valence-electron chi connectivity index (χ3n) is 5.32. The van der Waals surface area contributed by atoms with Crippen molar-refractivity contribution in [2.24, 2.45) is 0 Å². The fourth-order valence-corrected chi connectivity index (χ4v) is 4.96. The Morgan fingerprint density at radius 1 is 1.04 bits per heavy atom. The first kappa shape index (κ1) is 16.3. The lowest BCUT2D eigenvalue weighted by atomic mass is 9.74. The Labute approximate surface area is 157 Å². The predicted molar refractivity (Wildman–Crippen MR) is 102 cm³/mol. The number of ketones is 1. The van der Waals surface area contributed by atoms with Crippen LogP contribution in [0.5, 0.6) is 0 Å². The van der Waals surface area contributed by atoms with Gasteiger partial charge >= 0.3 is 0 Å². The van der Waals surface area contributed by atoms with E-state index in [9.17, 15) is 14.0 Å². The predicted octanol–water partition coefficient (Wildman–Crippen LogP) is 3.86. The number of benzene rings is 1. The zero-order valence-electron chi connectivity index (χ0n) is 14.2. The van der Waals surface area contributed by atoms with Crippen LogP contribution in [0.4, 0.5) is 10.2 Å². The largest absolute Gasteiger partial charge is 0.343 e. The number of anilines is 1. The molecule has 0 saturated carbocycles. The lowest BCUT2D eigenvalue weighted by Crippen LogP contribution is -2.31. The number of rotatable bonds is 2. The quantitative estimate of drug-likeness (QED) is 0.631.